The van der Waals surface area contributed by atoms with Crippen LogP contribution in [-0.4, -0.2) is 62.9 Å². The van der Waals surface area contributed by atoms with Crippen molar-refractivity contribution in [3.63, 3.8) is 0 Å². The highest BCUT2D eigenvalue weighted by Crippen LogP contribution is 1.92. The zero-order chi connectivity index (χ0) is 11.6. The molecule has 0 bridgehead atoms. The molecule has 6 nitrogen and oxygen atoms in total. The number of ether oxygens (including phenoxy) is 2. The Morgan fingerprint density at radius 2 is 1.69 bits per heavy atom. The van der Waals surface area contributed by atoms with Gasteiger partial charge in [-0.15, -0.1) is 0 Å². The van der Waals surface area contributed by atoms with Gasteiger partial charge in [0.2, 0.25) is 0 Å². The first-order valence-electron chi connectivity index (χ1n) is 5.40. The third kappa shape index (κ3) is 7.02. The second-order valence-electron chi connectivity index (χ2n) is 3.38. The number of carbonyl (C=O) groups excluding carboxylic acids is 1. The summed E-state index contributed by atoms with van der Waals surface area (Å²) in [6.07, 6.45) is 0. The van der Waals surface area contributed by atoms with Crippen molar-refractivity contribution in [2.75, 3.05) is 52.6 Å². The lowest BCUT2D eigenvalue weighted by Gasteiger charge is -2.25. The summed E-state index contributed by atoms with van der Waals surface area (Å²) in [5.41, 5.74) is 2.56. The topological polar surface area (TPSA) is 62.8 Å². The number of rotatable bonds is 1. The number of morpholine rings is 2. The Kier molecular flexibility index (Phi) is 7.52. The molecule has 0 radical (unpaired) electrons. The largest absolute Gasteiger partial charge is 0.379 e. The molecule has 0 aliphatic carbocycles. The Hall–Kier alpha value is -0.340. The van der Waals surface area contributed by atoms with Gasteiger partial charge in [0.05, 0.1) is 26.4 Å². The quantitative estimate of drug-likeness (QED) is 0.546. The van der Waals surface area contributed by atoms with Crippen LogP contribution in [0.25, 0.3) is 0 Å². The van der Waals surface area contributed by atoms with Gasteiger partial charge in [-0.25, -0.2) is 5.01 Å². The molecule has 0 aromatic carbocycles. The SMILES string of the molecule is C1COCCN1.O=C(S)NN1CCOCC1. The summed E-state index contributed by atoms with van der Waals surface area (Å²) in [4.78, 5) is 10.4. The molecule has 94 valence electrons. The van der Waals surface area contributed by atoms with E-state index in [4.69, 9.17) is 9.47 Å². The summed E-state index contributed by atoms with van der Waals surface area (Å²) in [7, 11) is 0. The first kappa shape index (κ1) is 13.7. The van der Waals surface area contributed by atoms with Gasteiger partial charge in [0, 0.05) is 26.2 Å². The molecule has 1 amide bonds. The predicted molar refractivity (Wildman–Crippen MR) is 63.6 cm³/mol. The molecule has 2 aliphatic heterocycles. The fourth-order valence-corrected chi connectivity index (χ4v) is 1.47. The molecule has 0 aromatic heterocycles. The predicted octanol–water partition coefficient (Wildman–Crippen LogP) is -0.521. The van der Waals surface area contributed by atoms with E-state index in [0.717, 1.165) is 39.4 Å². The molecule has 2 rings (SSSR count). The van der Waals surface area contributed by atoms with Crippen molar-refractivity contribution in [1.29, 1.82) is 0 Å². The zero-order valence-corrected chi connectivity index (χ0v) is 10.2. The molecule has 16 heavy (non-hydrogen) atoms. The molecule has 2 saturated heterocycles. The van der Waals surface area contributed by atoms with Gasteiger partial charge in [0.1, 0.15) is 0 Å². The molecule has 0 unspecified atom stereocenters. The average Bonchev–Trinajstić information content (AvgIpc) is 2.32. The molecule has 7 heteroatoms. The van der Waals surface area contributed by atoms with Gasteiger partial charge >= 0.3 is 0 Å². The monoisotopic (exact) mass is 249 g/mol. The van der Waals surface area contributed by atoms with Crippen molar-refractivity contribution < 1.29 is 14.3 Å². The Balaban J connectivity index is 0.000000181. The van der Waals surface area contributed by atoms with Crippen molar-refractivity contribution in [3.8, 4) is 0 Å². The third-order valence-corrected chi connectivity index (χ3v) is 2.21. The molecular formula is C9H19N3O3S. The number of nitrogens with one attached hydrogen (secondary N) is 2. The molecule has 0 spiro atoms. The first-order valence-corrected chi connectivity index (χ1v) is 5.84. The zero-order valence-electron chi connectivity index (χ0n) is 9.28. The number of thiol groups is 1. The summed E-state index contributed by atoms with van der Waals surface area (Å²) in [5, 5.41) is 4.63. The van der Waals surface area contributed by atoms with E-state index in [0.29, 0.717) is 13.2 Å². The van der Waals surface area contributed by atoms with Crippen LogP contribution in [-0.2, 0) is 9.47 Å². The van der Waals surface area contributed by atoms with Crippen LogP contribution in [0.3, 0.4) is 0 Å². The summed E-state index contributed by atoms with van der Waals surface area (Å²) in [5.74, 6) is 0. The Morgan fingerprint density at radius 1 is 1.12 bits per heavy atom. The van der Waals surface area contributed by atoms with Crippen LogP contribution in [0, 0.1) is 0 Å². The van der Waals surface area contributed by atoms with E-state index in [1.807, 2.05) is 0 Å². The molecule has 0 saturated carbocycles. The van der Waals surface area contributed by atoms with Gasteiger partial charge in [0.15, 0.2) is 0 Å². The molecule has 2 N–H and O–H groups in total. The molecule has 2 fully saturated rings. The van der Waals surface area contributed by atoms with Crippen LogP contribution in [0.15, 0.2) is 0 Å². The average molecular weight is 249 g/mol. The van der Waals surface area contributed by atoms with Crippen molar-refractivity contribution in [2.24, 2.45) is 0 Å². The number of nitrogens with zero attached hydrogens (tertiary/aromatic N) is 1. The summed E-state index contributed by atoms with van der Waals surface area (Å²) < 4.78 is 10.1. The van der Waals surface area contributed by atoms with Crippen LogP contribution in [0.4, 0.5) is 4.79 Å². The highest BCUT2D eigenvalue weighted by atomic mass is 32.1. The molecule has 2 heterocycles. The Morgan fingerprint density at radius 3 is 2.06 bits per heavy atom. The lowest BCUT2D eigenvalue weighted by atomic mass is 10.5. The molecule has 0 atom stereocenters. The fraction of sp³-hybridized carbons (Fsp3) is 0.889. The van der Waals surface area contributed by atoms with Gasteiger partial charge in [-0.05, 0) is 0 Å². The van der Waals surface area contributed by atoms with E-state index in [9.17, 15) is 4.79 Å². The van der Waals surface area contributed by atoms with E-state index in [-0.39, 0.29) is 5.24 Å². The van der Waals surface area contributed by atoms with Crippen LogP contribution in [0.2, 0.25) is 0 Å². The van der Waals surface area contributed by atoms with Gasteiger partial charge in [-0.1, -0.05) is 12.6 Å². The lowest BCUT2D eigenvalue weighted by Crippen LogP contribution is -2.46. The lowest BCUT2D eigenvalue weighted by molar-refractivity contribution is 0.0218. The minimum absolute atomic E-state index is 0.318. The maximum Gasteiger partial charge on any atom is 0.290 e. The second-order valence-corrected chi connectivity index (χ2v) is 3.78. The fourth-order valence-electron chi connectivity index (χ4n) is 1.33. The third-order valence-electron chi connectivity index (χ3n) is 2.11. The maximum atomic E-state index is 10.4. The maximum absolute atomic E-state index is 10.4. The summed E-state index contributed by atoms with van der Waals surface area (Å²) >= 11 is 3.58. The summed E-state index contributed by atoms with van der Waals surface area (Å²) in [6, 6.07) is 0. The van der Waals surface area contributed by atoms with E-state index < -0.39 is 0 Å². The second kappa shape index (κ2) is 8.77. The number of hydrogen-bond acceptors (Lipinski definition) is 5. The molecule has 2 aliphatic rings. The van der Waals surface area contributed by atoms with Gasteiger partial charge in [-0.3, -0.25) is 10.2 Å². The van der Waals surface area contributed by atoms with Gasteiger partial charge < -0.3 is 14.8 Å². The van der Waals surface area contributed by atoms with Crippen molar-refractivity contribution in [3.05, 3.63) is 0 Å². The standard InChI is InChI=1S/C5H10N2O2S.C4H9NO/c8-5(10)6-7-1-3-9-4-2-7;1-3-6-4-2-5-1/h1-4H2,(H2,6,8,10);5H,1-4H2. The Labute approximate surface area is 101 Å². The Bertz CT molecular complexity index is 185. The van der Waals surface area contributed by atoms with E-state index >= 15 is 0 Å². The minimum atomic E-state index is -0.318. The van der Waals surface area contributed by atoms with E-state index in [1.165, 1.54) is 0 Å². The minimum Gasteiger partial charge on any atom is -0.379 e. The number of hydrogen-bond donors (Lipinski definition) is 3. The number of carbonyl (C=O) groups is 1. The summed E-state index contributed by atoms with van der Waals surface area (Å²) in [6.45, 7) is 6.67. The smallest absolute Gasteiger partial charge is 0.290 e. The normalized spacial score (nSPS) is 21.8. The highest BCUT2D eigenvalue weighted by molar-refractivity contribution is 7.96. The number of amides is 1. The van der Waals surface area contributed by atoms with Crippen molar-refractivity contribution in [2.45, 2.75) is 0 Å². The van der Waals surface area contributed by atoms with Crippen molar-refractivity contribution in [1.82, 2.24) is 15.8 Å². The molecular weight excluding hydrogens is 230 g/mol. The van der Waals surface area contributed by atoms with Crippen LogP contribution in [0.1, 0.15) is 0 Å². The number of hydrazine groups is 1. The highest BCUT2D eigenvalue weighted by Gasteiger charge is 2.10. The van der Waals surface area contributed by atoms with Gasteiger partial charge in [0.25, 0.3) is 5.24 Å². The van der Waals surface area contributed by atoms with Crippen LogP contribution < -0.4 is 10.7 Å². The van der Waals surface area contributed by atoms with E-state index in [1.54, 1.807) is 5.01 Å². The van der Waals surface area contributed by atoms with Crippen LogP contribution >= 0.6 is 12.6 Å². The van der Waals surface area contributed by atoms with Crippen LogP contribution in [0.5, 0.6) is 0 Å². The first-order chi connectivity index (χ1) is 7.79. The van der Waals surface area contributed by atoms with E-state index in [2.05, 4.69) is 23.4 Å². The molecule has 0 aromatic rings. The van der Waals surface area contributed by atoms with Gasteiger partial charge in [-0.2, -0.15) is 0 Å². The van der Waals surface area contributed by atoms with Crippen molar-refractivity contribution >= 4 is 17.9 Å².